The van der Waals surface area contributed by atoms with Crippen molar-refractivity contribution in [2.75, 3.05) is 39.8 Å². The van der Waals surface area contributed by atoms with Gasteiger partial charge in [0.15, 0.2) is 0 Å². The summed E-state index contributed by atoms with van der Waals surface area (Å²) in [5.74, 6) is -0.173. The molecule has 1 aromatic rings. The summed E-state index contributed by atoms with van der Waals surface area (Å²) >= 11 is 1.14. The average Bonchev–Trinajstić information content (AvgIpc) is 2.91. The summed E-state index contributed by atoms with van der Waals surface area (Å²) in [6.45, 7) is 2.77. The number of rotatable bonds is 4. The largest absolute Gasteiger partial charge is 0.339 e. The Bertz CT molecular complexity index is 519. The second kappa shape index (κ2) is 6.00. The lowest BCUT2D eigenvalue weighted by molar-refractivity contribution is -0.131. The van der Waals surface area contributed by atoms with Gasteiger partial charge in [-0.15, -0.1) is 11.3 Å². The van der Waals surface area contributed by atoms with E-state index in [-0.39, 0.29) is 16.7 Å². The van der Waals surface area contributed by atoms with E-state index in [0.717, 1.165) is 24.4 Å². The van der Waals surface area contributed by atoms with Gasteiger partial charge in [0.1, 0.15) is 4.21 Å². The van der Waals surface area contributed by atoms with Crippen molar-refractivity contribution in [2.45, 2.75) is 4.21 Å². The number of nitrogens with one attached hydrogen (secondary N) is 1. The molecule has 1 N–H and O–H groups in total. The number of hydrogen-bond acceptors (Lipinski definition) is 5. The lowest BCUT2D eigenvalue weighted by atomic mass is 10.3. The number of likely N-dealkylation sites (N-methyl/N-ethyl adjacent to an activating group) is 1. The van der Waals surface area contributed by atoms with Gasteiger partial charge >= 0.3 is 0 Å². The van der Waals surface area contributed by atoms with Crippen LogP contribution in [0.25, 0.3) is 0 Å². The SMILES string of the molecule is CN1CCN(C(=O)CNS(=O)(=O)c2cccs2)CC1. The fraction of sp³-hybridized carbons (Fsp3) is 0.545. The van der Waals surface area contributed by atoms with Crippen molar-refractivity contribution >= 4 is 27.3 Å². The zero-order valence-corrected chi connectivity index (χ0v) is 12.3. The number of hydrogen-bond donors (Lipinski definition) is 1. The van der Waals surface area contributed by atoms with Crippen molar-refractivity contribution in [1.82, 2.24) is 14.5 Å². The Morgan fingerprint density at radius 2 is 2.05 bits per heavy atom. The highest BCUT2D eigenvalue weighted by atomic mass is 32.2. The van der Waals surface area contributed by atoms with Crippen LogP contribution < -0.4 is 4.72 Å². The average molecular weight is 303 g/mol. The van der Waals surface area contributed by atoms with Crippen LogP contribution in [0.4, 0.5) is 0 Å². The lowest BCUT2D eigenvalue weighted by Gasteiger charge is -2.32. The highest BCUT2D eigenvalue weighted by molar-refractivity contribution is 7.91. The Morgan fingerprint density at radius 3 is 2.63 bits per heavy atom. The topological polar surface area (TPSA) is 69.7 Å². The van der Waals surface area contributed by atoms with Gasteiger partial charge in [0, 0.05) is 26.2 Å². The van der Waals surface area contributed by atoms with Gasteiger partial charge in [-0.1, -0.05) is 6.07 Å². The molecule has 2 heterocycles. The molecule has 0 aromatic carbocycles. The minimum Gasteiger partial charge on any atom is -0.339 e. The van der Waals surface area contributed by atoms with E-state index in [2.05, 4.69) is 9.62 Å². The number of amides is 1. The first kappa shape index (κ1) is 14.4. The zero-order valence-electron chi connectivity index (χ0n) is 10.7. The van der Waals surface area contributed by atoms with E-state index in [4.69, 9.17) is 0 Å². The molecule has 0 unspecified atom stereocenters. The molecule has 2 rings (SSSR count). The highest BCUT2D eigenvalue weighted by Gasteiger charge is 2.21. The summed E-state index contributed by atoms with van der Waals surface area (Å²) in [7, 11) is -1.55. The summed E-state index contributed by atoms with van der Waals surface area (Å²) < 4.78 is 26.3. The number of carbonyl (C=O) groups is 1. The van der Waals surface area contributed by atoms with Crippen LogP contribution in [0, 0.1) is 0 Å². The van der Waals surface area contributed by atoms with Gasteiger partial charge in [-0.25, -0.2) is 13.1 Å². The molecule has 1 fully saturated rings. The fourth-order valence-electron chi connectivity index (χ4n) is 1.81. The first-order valence-electron chi connectivity index (χ1n) is 5.98. The lowest BCUT2D eigenvalue weighted by Crippen LogP contribution is -2.49. The number of carbonyl (C=O) groups excluding carboxylic acids is 1. The molecule has 1 amide bonds. The number of piperazine rings is 1. The van der Waals surface area contributed by atoms with Crippen LogP contribution >= 0.6 is 11.3 Å². The zero-order chi connectivity index (χ0) is 13.9. The molecule has 0 saturated carbocycles. The molecule has 1 aliphatic heterocycles. The van der Waals surface area contributed by atoms with Crippen molar-refractivity contribution in [3.63, 3.8) is 0 Å². The van der Waals surface area contributed by atoms with Crippen LogP contribution in [0.2, 0.25) is 0 Å². The van der Waals surface area contributed by atoms with Gasteiger partial charge in [-0.05, 0) is 18.5 Å². The molecule has 106 valence electrons. The Labute approximate surface area is 117 Å². The molecule has 1 aliphatic rings. The van der Waals surface area contributed by atoms with E-state index >= 15 is 0 Å². The standard InChI is InChI=1S/C11H17N3O3S2/c1-13-4-6-14(7-5-13)10(15)9-12-19(16,17)11-3-2-8-18-11/h2-3,8,12H,4-7,9H2,1H3. The number of thiophene rings is 1. The van der Waals surface area contributed by atoms with Crippen molar-refractivity contribution < 1.29 is 13.2 Å². The van der Waals surface area contributed by atoms with Crippen LogP contribution in [0.1, 0.15) is 0 Å². The van der Waals surface area contributed by atoms with Crippen LogP contribution in [-0.4, -0.2) is 63.9 Å². The Hall–Kier alpha value is -0.960. The van der Waals surface area contributed by atoms with Gasteiger partial charge < -0.3 is 9.80 Å². The van der Waals surface area contributed by atoms with E-state index in [1.807, 2.05) is 7.05 Å². The number of sulfonamides is 1. The van der Waals surface area contributed by atoms with Crippen LogP contribution in [-0.2, 0) is 14.8 Å². The quantitative estimate of drug-likeness (QED) is 0.836. The van der Waals surface area contributed by atoms with Crippen molar-refractivity contribution in [1.29, 1.82) is 0 Å². The Kier molecular flexibility index (Phi) is 4.56. The van der Waals surface area contributed by atoms with E-state index < -0.39 is 10.0 Å². The summed E-state index contributed by atoms with van der Waals surface area (Å²) in [5, 5.41) is 1.69. The van der Waals surface area contributed by atoms with Crippen molar-refractivity contribution in [3.8, 4) is 0 Å². The minimum absolute atomic E-state index is 0.173. The molecule has 6 nitrogen and oxygen atoms in total. The van der Waals surface area contributed by atoms with Gasteiger partial charge in [-0.2, -0.15) is 0 Å². The van der Waals surface area contributed by atoms with E-state index in [1.165, 1.54) is 6.07 Å². The monoisotopic (exact) mass is 303 g/mol. The van der Waals surface area contributed by atoms with Crippen LogP contribution in [0.5, 0.6) is 0 Å². The molecule has 0 aliphatic carbocycles. The third-order valence-electron chi connectivity index (χ3n) is 3.03. The Morgan fingerprint density at radius 1 is 1.37 bits per heavy atom. The molecule has 0 spiro atoms. The van der Waals surface area contributed by atoms with E-state index in [0.29, 0.717) is 13.1 Å². The molecule has 0 radical (unpaired) electrons. The molecular weight excluding hydrogens is 286 g/mol. The molecule has 1 saturated heterocycles. The normalized spacial score (nSPS) is 17.6. The maximum Gasteiger partial charge on any atom is 0.250 e. The van der Waals surface area contributed by atoms with Gasteiger partial charge in [0.2, 0.25) is 5.91 Å². The Balaban J connectivity index is 1.87. The third kappa shape index (κ3) is 3.75. The molecular formula is C11H17N3O3S2. The molecule has 0 bridgehead atoms. The summed E-state index contributed by atoms with van der Waals surface area (Å²) in [5.41, 5.74) is 0. The van der Waals surface area contributed by atoms with E-state index in [9.17, 15) is 13.2 Å². The maximum atomic E-state index is 11.9. The molecule has 19 heavy (non-hydrogen) atoms. The van der Waals surface area contributed by atoms with Crippen molar-refractivity contribution in [3.05, 3.63) is 17.5 Å². The summed E-state index contributed by atoms with van der Waals surface area (Å²) in [6, 6.07) is 3.19. The maximum absolute atomic E-state index is 11.9. The minimum atomic E-state index is -3.55. The van der Waals surface area contributed by atoms with Gasteiger partial charge in [-0.3, -0.25) is 4.79 Å². The number of nitrogens with zero attached hydrogens (tertiary/aromatic N) is 2. The predicted octanol–water partition coefficient (Wildman–Crippen LogP) is -0.200. The second-order valence-corrected chi connectivity index (χ2v) is 7.38. The molecule has 1 aromatic heterocycles. The van der Waals surface area contributed by atoms with Crippen LogP contribution in [0.15, 0.2) is 21.7 Å². The third-order valence-corrected chi connectivity index (χ3v) is 5.83. The van der Waals surface area contributed by atoms with E-state index in [1.54, 1.807) is 16.3 Å². The summed E-state index contributed by atoms with van der Waals surface area (Å²) in [4.78, 5) is 15.7. The fourth-order valence-corrected chi connectivity index (χ4v) is 3.82. The van der Waals surface area contributed by atoms with Gasteiger partial charge in [0.05, 0.1) is 6.54 Å². The van der Waals surface area contributed by atoms with Crippen molar-refractivity contribution in [2.24, 2.45) is 0 Å². The smallest absolute Gasteiger partial charge is 0.250 e. The second-order valence-electron chi connectivity index (χ2n) is 4.44. The molecule has 0 atom stereocenters. The highest BCUT2D eigenvalue weighted by Crippen LogP contribution is 2.15. The van der Waals surface area contributed by atoms with Gasteiger partial charge in [0.25, 0.3) is 10.0 Å². The van der Waals surface area contributed by atoms with Crippen LogP contribution in [0.3, 0.4) is 0 Å². The molecule has 8 heteroatoms. The summed E-state index contributed by atoms with van der Waals surface area (Å²) in [6.07, 6.45) is 0. The first-order valence-corrected chi connectivity index (χ1v) is 8.35. The first-order chi connectivity index (χ1) is 8.99. The predicted molar refractivity (Wildman–Crippen MR) is 73.6 cm³/mol.